The van der Waals surface area contributed by atoms with Crippen LogP contribution in [-0.2, 0) is 17.8 Å². The Labute approximate surface area is 145 Å². The van der Waals surface area contributed by atoms with Gasteiger partial charge in [0.25, 0.3) is 0 Å². The summed E-state index contributed by atoms with van der Waals surface area (Å²) in [7, 11) is 0. The molecule has 0 saturated carbocycles. The van der Waals surface area contributed by atoms with E-state index in [1.54, 1.807) is 12.4 Å². The Morgan fingerprint density at radius 2 is 1.84 bits per heavy atom. The number of ether oxygens (including phenoxy) is 1. The number of aromatic nitrogens is 5. The number of benzene rings is 1. The molecule has 0 radical (unpaired) electrons. The number of hydrogen-bond donors (Lipinski definition) is 0. The average Bonchev–Trinajstić information content (AvgIpc) is 3.28. The van der Waals surface area contributed by atoms with E-state index >= 15 is 0 Å². The van der Waals surface area contributed by atoms with Crippen LogP contribution in [-0.4, -0.2) is 49.3 Å². The van der Waals surface area contributed by atoms with Crippen LogP contribution in [0.15, 0.2) is 47.1 Å². The van der Waals surface area contributed by atoms with E-state index in [-0.39, 0.29) is 12.2 Å². The highest BCUT2D eigenvalue weighted by atomic mass is 16.5. The molecule has 8 heteroatoms. The van der Waals surface area contributed by atoms with Gasteiger partial charge in [-0.3, -0.25) is 4.90 Å². The molecule has 2 aromatic heterocycles. The van der Waals surface area contributed by atoms with Gasteiger partial charge in [-0.15, -0.1) is 10.2 Å². The summed E-state index contributed by atoms with van der Waals surface area (Å²) in [5, 5.41) is 16.3. The van der Waals surface area contributed by atoms with Crippen LogP contribution in [0.5, 0.6) is 0 Å². The maximum atomic E-state index is 6.01. The lowest BCUT2D eigenvalue weighted by atomic mass is 10.1. The highest BCUT2D eigenvalue weighted by Crippen LogP contribution is 2.25. The molecule has 0 unspecified atom stereocenters. The molecule has 1 fully saturated rings. The minimum atomic E-state index is -0.223. The van der Waals surface area contributed by atoms with Crippen LogP contribution in [0.1, 0.15) is 30.4 Å². The molecule has 4 rings (SSSR count). The Morgan fingerprint density at radius 3 is 2.64 bits per heavy atom. The van der Waals surface area contributed by atoms with Crippen molar-refractivity contribution < 1.29 is 9.15 Å². The van der Waals surface area contributed by atoms with Gasteiger partial charge in [0, 0.05) is 19.6 Å². The van der Waals surface area contributed by atoms with E-state index in [0.717, 1.165) is 19.6 Å². The van der Waals surface area contributed by atoms with Crippen LogP contribution >= 0.6 is 0 Å². The lowest BCUT2D eigenvalue weighted by Crippen LogP contribution is -2.42. The second-order valence-electron chi connectivity index (χ2n) is 6.21. The molecule has 0 bridgehead atoms. The highest BCUT2D eigenvalue weighted by molar-refractivity contribution is 5.14. The summed E-state index contributed by atoms with van der Waals surface area (Å²) in [6, 6.07) is 10.4. The van der Waals surface area contributed by atoms with Crippen molar-refractivity contribution in [2.75, 3.05) is 13.1 Å². The second-order valence-corrected chi connectivity index (χ2v) is 6.21. The lowest BCUT2D eigenvalue weighted by Gasteiger charge is -2.35. The molecule has 130 valence electrons. The largest absolute Gasteiger partial charge is 0.420 e. The third kappa shape index (κ3) is 3.92. The zero-order chi connectivity index (χ0) is 17.1. The Hall–Kier alpha value is -2.58. The van der Waals surface area contributed by atoms with Gasteiger partial charge in [-0.25, -0.2) is 0 Å². The Kier molecular flexibility index (Phi) is 4.53. The summed E-state index contributed by atoms with van der Waals surface area (Å²) in [5.74, 6) is 0.981. The summed E-state index contributed by atoms with van der Waals surface area (Å²) in [6.07, 6.45) is 3.11. The normalized spacial score (nSPS) is 21.5. The Balaban J connectivity index is 1.43. The number of hydrogen-bond acceptors (Lipinski definition) is 7. The maximum absolute atomic E-state index is 6.01. The van der Waals surface area contributed by atoms with E-state index in [0.29, 0.717) is 18.3 Å². The SMILES string of the molecule is C[C@@H]1CN(Cc2ccccc2)C[C@H](c2nnc(Cn3nccn3)o2)O1. The predicted octanol–water partition coefficient (Wildman–Crippen LogP) is 1.67. The van der Waals surface area contributed by atoms with Gasteiger partial charge < -0.3 is 9.15 Å². The first kappa shape index (κ1) is 15.9. The van der Waals surface area contributed by atoms with Crippen molar-refractivity contribution in [1.82, 2.24) is 30.1 Å². The summed E-state index contributed by atoms with van der Waals surface area (Å²) in [4.78, 5) is 3.86. The molecular formula is C17H20N6O2. The third-order valence-corrected chi connectivity index (χ3v) is 4.09. The summed E-state index contributed by atoms with van der Waals surface area (Å²) >= 11 is 0. The number of morpholine rings is 1. The number of nitrogens with zero attached hydrogens (tertiary/aromatic N) is 6. The molecule has 2 atom stereocenters. The van der Waals surface area contributed by atoms with Crippen LogP contribution in [0.2, 0.25) is 0 Å². The van der Waals surface area contributed by atoms with Gasteiger partial charge in [0.2, 0.25) is 11.8 Å². The van der Waals surface area contributed by atoms with E-state index in [1.807, 2.05) is 6.07 Å². The molecule has 3 heterocycles. The first-order chi connectivity index (χ1) is 12.3. The molecule has 0 aliphatic carbocycles. The third-order valence-electron chi connectivity index (χ3n) is 4.09. The quantitative estimate of drug-likeness (QED) is 0.699. The molecule has 0 spiro atoms. The number of rotatable bonds is 5. The summed E-state index contributed by atoms with van der Waals surface area (Å²) in [5.41, 5.74) is 1.28. The van der Waals surface area contributed by atoms with Crippen molar-refractivity contribution >= 4 is 0 Å². The van der Waals surface area contributed by atoms with Gasteiger partial charge in [-0.1, -0.05) is 30.3 Å². The van der Waals surface area contributed by atoms with Crippen LogP contribution < -0.4 is 0 Å². The van der Waals surface area contributed by atoms with Crippen LogP contribution in [0.25, 0.3) is 0 Å². The van der Waals surface area contributed by atoms with Crippen molar-refractivity contribution in [2.24, 2.45) is 0 Å². The molecule has 25 heavy (non-hydrogen) atoms. The van der Waals surface area contributed by atoms with E-state index in [1.165, 1.54) is 10.4 Å². The van der Waals surface area contributed by atoms with Gasteiger partial charge in [0.05, 0.1) is 18.5 Å². The van der Waals surface area contributed by atoms with Crippen LogP contribution in [0, 0.1) is 0 Å². The smallest absolute Gasteiger partial charge is 0.246 e. The van der Waals surface area contributed by atoms with E-state index in [2.05, 4.69) is 56.5 Å². The van der Waals surface area contributed by atoms with Gasteiger partial charge in [0.1, 0.15) is 12.6 Å². The molecule has 1 saturated heterocycles. The van der Waals surface area contributed by atoms with E-state index in [4.69, 9.17) is 9.15 Å². The zero-order valence-electron chi connectivity index (χ0n) is 14.0. The van der Waals surface area contributed by atoms with Crippen LogP contribution in [0.4, 0.5) is 0 Å². The van der Waals surface area contributed by atoms with Crippen molar-refractivity contribution in [3.63, 3.8) is 0 Å². The van der Waals surface area contributed by atoms with Crippen molar-refractivity contribution in [3.8, 4) is 0 Å². The topological polar surface area (TPSA) is 82.1 Å². The molecular weight excluding hydrogens is 320 g/mol. The van der Waals surface area contributed by atoms with Crippen molar-refractivity contribution in [2.45, 2.75) is 32.2 Å². The fourth-order valence-electron chi connectivity index (χ4n) is 3.05. The molecule has 3 aromatic rings. The first-order valence-electron chi connectivity index (χ1n) is 8.34. The molecule has 0 amide bonds. The van der Waals surface area contributed by atoms with Gasteiger partial charge in [0.15, 0.2) is 0 Å². The van der Waals surface area contributed by atoms with Gasteiger partial charge >= 0.3 is 0 Å². The summed E-state index contributed by atoms with van der Waals surface area (Å²) < 4.78 is 11.8. The lowest BCUT2D eigenvalue weighted by molar-refractivity contribution is -0.0918. The Morgan fingerprint density at radius 1 is 1.04 bits per heavy atom. The minimum Gasteiger partial charge on any atom is -0.420 e. The van der Waals surface area contributed by atoms with Crippen molar-refractivity contribution in [1.29, 1.82) is 0 Å². The molecule has 8 nitrogen and oxygen atoms in total. The van der Waals surface area contributed by atoms with E-state index < -0.39 is 0 Å². The monoisotopic (exact) mass is 340 g/mol. The fourth-order valence-corrected chi connectivity index (χ4v) is 3.05. The predicted molar refractivity (Wildman–Crippen MR) is 88.4 cm³/mol. The fraction of sp³-hybridized carbons (Fsp3) is 0.412. The standard InChI is InChI=1S/C17H20N6O2/c1-13-9-22(10-14-5-3-2-4-6-14)11-15(24-13)17-21-20-16(25-17)12-23-18-7-8-19-23/h2-8,13,15H,9-12H2,1H3/t13-,15-/m1/s1. The second kappa shape index (κ2) is 7.12. The van der Waals surface area contributed by atoms with Gasteiger partial charge in [-0.2, -0.15) is 15.0 Å². The molecule has 0 N–H and O–H groups in total. The maximum Gasteiger partial charge on any atom is 0.246 e. The average molecular weight is 340 g/mol. The minimum absolute atomic E-state index is 0.102. The van der Waals surface area contributed by atoms with E-state index in [9.17, 15) is 0 Å². The molecule has 1 aromatic carbocycles. The molecule has 1 aliphatic heterocycles. The summed E-state index contributed by atoms with van der Waals surface area (Å²) in [6.45, 7) is 4.90. The van der Waals surface area contributed by atoms with Crippen LogP contribution in [0.3, 0.4) is 0 Å². The van der Waals surface area contributed by atoms with Gasteiger partial charge in [-0.05, 0) is 12.5 Å². The highest BCUT2D eigenvalue weighted by Gasteiger charge is 2.30. The zero-order valence-corrected chi connectivity index (χ0v) is 14.0. The Bertz CT molecular complexity index is 789. The van der Waals surface area contributed by atoms with Crippen molar-refractivity contribution in [3.05, 3.63) is 60.1 Å². The first-order valence-corrected chi connectivity index (χ1v) is 8.34. The molecule has 1 aliphatic rings.